The minimum Gasteiger partial charge on any atom is -0.480 e. The summed E-state index contributed by atoms with van der Waals surface area (Å²) in [5.74, 6) is -1.64. The maximum atomic E-state index is 15.9. The number of ether oxygens (including phenoxy) is 1. The lowest BCUT2D eigenvalue weighted by Crippen LogP contribution is -2.35. The van der Waals surface area contributed by atoms with E-state index in [2.05, 4.69) is 25.3 Å². The average Bonchev–Trinajstić information content (AvgIpc) is 2.98. The zero-order valence-electron chi connectivity index (χ0n) is 23.3. The number of benzene rings is 2. The summed E-state index contributed by atoms with van der Waals surface area (Å²) in [6, 6.07) is 7.21. The Hall–Kier alpha value is -3.61. The summed E-state index contributed by atoms with van der Waals surface area (Å²) in [5, 5.41) is 7.40. The highest BCUT2D eigenvalue weighted by Gasteiger charge is 2.26. The van der Waals surface area contributed by atoms with Gasteiger partial charge in [-0.2, -0.15) is 0 Å². The fraction of sp³-hybridized carbons (Fsp3) is 0.345. The number of hydrogen-bond acceptors (Lipinski definition) is 8. The van der Waals surface area contributed by atoms with Gasteiger partial charge < -0.3 is 15.4 Å². The molecule has 0 spiro atoms. The molecule has 0 radical (unpaired) electrons. The molecule has 0 atom stereocenters. The normalized spacial score (nSPS) is 17.3. The number of nitrogens with zero attached hydrogens (tertiary/aromatic N) is 3. The quantitative estimate of drug-likeness (QED) is 0.212. The van der Waals surface area contributed by atoms with Gasteiger partial charge in [-0.05, 0) is 80.6 Å². The Kier molecular flexibility index (Phi) is 8.76. The fourth-order valence-electron chi connectivity index (χ4n) is 5.26. The molecule has 42 heavy (non-hydrogen) atoms. The largest absolute Gasteiger partial charge is 0.480 e. The van der Waals surface area contributed by atoms with E-state index in [4.69, 9.17) is 21.3 Å². The Balaban J connectivity index is 1.48. The van der Waals surface area contributed by atoms with Crippen LogP contribution in [0.4, 0.5) is 20.4 Å². The zero-order valence-corrected chi connectivity index (χ0v) is 24.9. The molecule has 2 heterocycles. The smallest absolute Gasteiger partial charge is 0.267 e. The van der Waals surface area contributed by atoms with Crippen molar-refractivity contribution in [3.05, 3.63) is 64.9 Å². The van der Waals surface area contributed by atoms with Gasteiger partial charge >= 0.3 is 0 Å². The number of sulfonamides is 1. The molecule has 0 bridgehead atoms. The molecule has 0 saturated heterocycles. The second-order valence-corrected chi connectivity index (χ2v) is 12.2. The summed E-state index contributed by atoms with van der Waals surface area (Å²) < 4.78 is 64.5. The number of fused-ring (bicyclic) bond motifs is 1. The molecule has 13 heteroatoms. The van der Waals surface area contributed by atoms with Gasteiger partial charge in [-0.1, -0.05) is 18.5 Å². The number of rotatable bonds is 9. The average molecular weight is 617 g/mol. The predicted octanol–water partition coefficient (Wildman–Crippen LogP) is 5.94. The van der Waals surface area contributed by atoms with E-state index in [1.54, 1.807) is 18.3 Å². The van der Waals surface area contributed by atoms with E-state index in [-0.39, 0.29) is 28.1 Å². The molecule has 1 aliphatic carbocycles. The van der Waals surface area contributed by atoms with E-state index in [1.165, 1.54) is 13.3 Å². The van der Waals surface area contributed by atoms with Crippen LogP contribution in [0.3, 0.4) is 0 Å². The molecule has 3 N–H and O–H groups in total. The fourth-order valence-corrected chi connectivity index (χ4v) is 6.69. The monoisotopic (exact) mass is 616 g/mol. The van der Waals surface area contributed by atoms with Crippen molar-refractivity contribution in [2.75, 3.05) is 24.2 Å². The van der Waals surface area contributed by atoms with Gasteiger partial charge in [0.05, 0.1) is 28.9 Å². The molecule has 1 fully saturated rings. The third kappa shape index (κ3) is 6.11. The summed E-state index contributed by atoms with van der Waals surface area (Å²) in [7, 11) is -1.17. The number of methoxy groups -OCH3 is 1. The zero-order chi connectivity index (χ0) is 30.0. The summed E-state index contributed by atoms with van der Waals surface area (Å²) in [4.78, 5) is 12.7. The number of hydrogen-bond donors (Lipinski definition) is 3. The molecule has 0 aliphatic heterocycles. The molecule has 0 amide bonds. The molecule has 9 nitrogen and oxygen atoms in total. The molecule has 5 rings (SSSR count). The molecule has 1 saturated carbocycles. The van der Waals surface area contributed by atoms with Crippen LogP contribution in [0.25, 0.3) is 22.0 Å². The first kappa shape index (κ1) is 29.9. The lowest BCUT2D eigenvalue weighted by molar-refractivity contribution is 0.370. The van der Waals surface area contributed by atoms with E-state index >= 15 is 8.78 Å². The first-order valence-corrected chi connectivity index (χ1v) is 15.4. The van der Waals surface area contributed by atoms with E-state index in [9.17, 15) is 8.42 Å². The van der Waals surface area contributed by atoms with Gasteiger partial charge in [0.2, 0.25) is 11.8 Å². The third-order valence-corrected chi connectivity index (χ3v) is 9.07. The van der Waals surface area contributed by atoms with Crippen LogP contribution in [0.1, 0.15) is 38.2 Å². The van der Waals surface area contributed by atoms with Crippen LogP contribution in [0.2, 0.25) is 5.02 Å². The number of anilines is 2. The maximum Gasteiger partial charge on any atom is 0.267 e. The molecule has 2 aromatic carbocycles. The Morgan fingerprint density at radius 1 is 1.05 bits per heavy atom. The van der Waals surface area contributed by atoms with E-state index in [0.29, 0.717) is 29.3 Å². The van der Waals surface area contributed by atoms with Gasteiger partial charge in [0, 0.05) is 29.9 Å². The standard InChI is InChI=1S/C29H31ClF2N6O3S/c1-4-16-11-17(12-18-14-35-29(37-27(16)18)36-21-7-5-20(33-2)6-8-21)25-22(31)9-10-23(26(25)32)38-42(39,40)24-13-19(30)15-34-28(24)41-3/h9-15,20-21,33,38H,4-8H2,1-3H3,(H,35,36,37). The third-order valence-electron chi connectivity index (χ3n) is 7.50. The highest BCUT2D eigenvalue weighted by molar-refractivity contribution is 7.92. The maximum absolute atomic E-state index is 15.9. The summed E-state index contributed by atoms with van der Waals surface area (Å²) in [6.07, 6.45) is 7.55. The van der Waals surface area contributed by atoms with Gasteiger partial charge in [0.1, 0.15) is 5.82 Å². The minimum atomic E-state index is -4.40. The van der Waals surface area contributed by atoms with E-state index < -0.39 is 32.2 Å². The van der Waals surface area contributed by atoms with Crippen LogP contribution in [-0.4, -0.2) is 49.6 Å². The minimum absolute atomic E-state index is 0.0430. The van der Waals surface area contributed by atoms with Crippen molar-refractivity contribution in [2.45, 2.75) is 56.0 Å². The molecular weight excluding hydrogens is 586 g/mol. The predicted molar refractivity (Wildman–Crippen MR) is 160 cm³/mol. The van der Waals surface area contributed by atoms with Crippen molar-refractivity contribution in [3.63, 3.8) is 0 Å². The Labute approximate surface area is 248 Å². The number of pyridine rings is 1. The van der Waals surface area contributed by atoms with Gasteiger partial charge in [-0.15, -0.1) is 0 Å². The number of aromatic nitrogens is 3. The van der Waals surface area contributed by atoms with Crippen molar-refractivity contribution >= 4 is 44.2 Å². The van der Waals surface area contributed by atoms with Crippen molar-refractivity contribution in [3.8, 4) is 17.0 Å². The summed E-state index contributed by atoms with van der Waals surface area (Å²) >= 11 is 5.94. The van der Waals surface area contributed by atoms with Gasteiger partial charge in [-0.25, -0.2) is 32.2 Å². The Bertz CT molecular complexity index is 1730. The summed E-state index contributed by atoms with van der Waals surface area (Å²) in [6.45, 7) is 1.93. The molecule has 0 unspecified atom stereocenters. The molecule has 222 valence electrons. The number of nitrogens with one attached hydrogen (secondary N) is 3. The van der Waals surface area contributed by atoms with Crippen molar-refractivity contribution in [2.24, 2.45) is 0 Å². The van der Waals surface area contributed by atoms with E-state index in [1.807, 2.05) is 14.0 Å². The van der Waals surface area contributed by atoms with Crippen LogP contribution in [0.5, 0.6) is 5.88 Å². The van der Waals surface area contributed by atoms with Crippen LogP contribution in [0.15, 0.2) is 47.6 Å². The van der Waals surface area contributed by atoms with Gasteiger partial charge in [-0.3, -0.25) is 4.72 Å². The SMILES string of the molecule is CCc1cc(-c2c(F)ccc(NS(=O)(=O)c3cc(Cl)cnc3OC)c2F)cc2cnc(NC3CCC(NC)CC3)nc12. The lowest BCUT2D eigenvalue weighted by Gasteiger charge is -2.28. The molecule has 2 aromatic heterocycles. The number of aryl methyl sites for hydroxylation is 1. The van der Waals surface area contributed by atoms with Gasteiger partial charge in [0.15, 0.2) is 10.7 Å². The summed E-state index contributed by atoms with van der Waals surface area (Å²) in [5.41, 5.74) is 0.848. The number of halogens is 3. The van der Waals surface area contributed by atoms with Crippen molar-refractivity contribution in [1.82, 2.24) is 20.3 Å². The topological polar surface area (TPSA) is 118 Å². The lowest BCUT2D eigenvalue weighted by atomic mass is 9.91. The Morgan fingerprint density at radius 3 is 2.48 bits per heavy atom. The molecule has 4 aromatic rings. The highest BCUT2D eigenvalue weighted by Crippen LogP contribution is 2.36. The van der Waals surface area contributed by atoms with Crippen molar-refractivity contribution in [1.29, 1.82) is 0 Å². The first-order valence-electron chi connectivity index (χ1n) is 13.6. The van der Waals surface area contributed by atoms with Crippen LogP contribution in [-0.2, 0) is 16.4 Å². The highest BCUT2D eigenvalue weighted by atomic mass is 35.5. The molecular formula is C29H31ClF2N6O3S. The van der Waals surface area contributed by atoms with Gasteiger partial charge in [0.25, 0.3) is 10.0 Å². The second kappa shape index (κ2) is 12.3. The Morgan fingerprint density at radius 2 is 1.79 bits per heavy atom. The van der Waals surface area contributed by atoms with Crippen LogP contribution < -0.4 is 20.1 Å². The second-order valence-electron chi connectivity index (χ2n) is 10.2. The van der Waals surface area contributed by atoms with Crippen LogP contribution in [0, 0.1) is 11.6 Å². The van der Waals surface area contributed by atoms with E-state index in [0.717, 1.165) is 49.4 Å². The van der Waals surface area contributed by atoms with Crippen LogP contribution >= 0.6 is 11.6 Å². The first-order chi connectivity index (χ1) is 20.1. The van der Waals surface area contributed by atoms with Crippen molar-refractivity contribution < 1.29 is 21.9 Å². The molecule has 1 aliphatic rings.